The molecule has 1 heterocycles. The molecule has 1 radical (unpaired) electrons. The van der Waals surface area contributed by atoms with Crippen molar-refractivity contribution in [3.63, 3.8) is 0 Å². The molecule has 1 fully saturated rings. The first kappa shape index (κ1) is 12.0. The molecule has 1 aliphatic heterocycles. The van der Waals surface area contributed by atoms with Gasteiger partial charge < -0.3 is 17.6 Å². The van der Waals surface area contributed by atoms with Crippen LogP contribution in [0.25, 0.3) is 0 Å². The van der Waals surface area contributed by atoms with Crippen molar-refractivity contribution in [3.8, 4) is 0 Å². The van der Waals surface area contributed by atoms with Crippen LogP contribution in [0.3, 0.4) is 0 Å². The third kappa shape index (κ3) is 3.50. The van der Waals surface area contributed by atoms with E-state index in [-0.39, 0.29) is 38.1 Å². The Hall–Kier alpha value is 1.02. The molecule has 0 aliphatic carbocycles. The van der Waals surface area contributed by atoms with Gasteiger partial charge in [-0.3, -0.25) is 0 Å². The largest absolute Gasteiger partial charge is 0.336 e. The van der Waals surface area contributed by atoms with Crippen LogP contribution < -0.4 is 5.73 Å². The van der Waals surface area contributed by atoms with Gasteiger partial charge >= 0.3 is 0 Å². The molecule has 0 aromatic carbocycles. The smallest absolute Gasteiger partial charge is 0 e. The third-order valence-electron chi connectivity index (χ3n) is 2.48. The zero-order valence-electron chi connectivity index (χ0n) is 7.34. The summed E-state index contributed by atoms with van der Waals surface area (Å²) in [5.74, 6) is 0. The average Bonchev–Trinajstić information content (AvgIpc) is 1.96. The standard InChI is InChI=1S/C8H17N2.Y/c1-8(7-9)3-5-10(2)6-4-8;/h1,3-7,9H2,2H3;/q-1;. The molecule has 1 rings (SSSR count). The van der Waals surface area contributed by atoms with Gasteiger partial charge in [-0.05, 0) is 26.7 Å². The van der Waals surface area contributed by atoms with Gasteiger partial charge in [0.1, 0.15) is 0 Å². The molecule has 2 nitrogen and oxygen atoms in total. The first-order valence-electron chi connectivity index (χ1n) is 3.90. The molecule has 0 amide bonds. The Bertz CT molecular complexity index is 109. The molecule has 1 saturated heterocycles. The van der Waals surface area contributed by atoms with Crippen LogP contribution in [0.4, 0.5) is 0 Å². The Morgan fingerprint density at radius 1 is 1.45 bits per heavy atom. The van der Waals surface area contributed by atoms with E-state index in [1.807, 2.05) is 0 Å². The molecule has 11 heavy (non-hydrogen) atoms. The molecular formula is C8H17N2Y-. The zero-order chi connectivity index (χ0) is 7.61. The molecular weight excluding hydrogens is 213 g/mol. The summed E-state index contributed by atoms with van der Waals surface area (Å²) in [5, 5.41) is 0. The van der Waals surface area contributed by atoms with Gasteiger partial charge in [0.25, 0.3) is 0 Å². The monoisotopic (exact) mass is 230 g/mol. The minimum absolute atomic E-state index is 0. The van der Waals surface area contributed by atoms with Gasteiger partial charge in [-0.1, -0.05) is 12.8 Å². The van der Waals surface area contributed by atoms with Gasteiger partial charge in [-0.25, -0.2) is 0 Å². The van der Waals surface area contributed by atoms with Gasteiger partial charge in [-0.2, -0.15) is 0 Å². The predicted molar refractivity (Wildman–Crippen MR) is 43.6 cm³/mol. The van der Waals surface area contributed by atoms with Crippen LogP contribution in [0.5, 0.6) is 0 Å². The summed E-state index contributed by atoms with van der Waals surface area (Å²) >= 11 is 0. The van der Waals surface area contributed by atoms with Crippen LogP contribution in [-0.4, -0.2) is 31.6 Å². The topological polar surface area (TPSA) is 29.3 Å². The van der Waals surface area contributed by atoms with Gasteiger partial charge in [0.2, 0.25) is 0 Å². The normalized spacial score (nSPS) is 24.3. The molecule has 0 bridgehead atoms. The zero-order valence-corrected chi connectivity index (χ0v) is 10.2. The fourth-order valence-electron chi connectivity index (χ4n) is 1.30. The van der Waals surface area contributed by atoms with Crippen LogP contribution in [-0.2, 0) is 32.7 Å². The first-order valence-corrected chi connectivity index (χ1v) is 3.90. The van der Waals surface area contributed by atoms with Crippen molar-refractivity contribution >= 4 is 0 Å². The van der Waals surface area contributed by atoms with Crippen molar-refractivity contribution < 1.29 is 32.7 Å². The summed E-state index contributed by atoms with van der Waals surface area (Å²) in [6, 6.07) is 0. The number of nitrogens with zero attached hydrogens (tertiary/aromatic N) is 1. The van der Waals surface area contributed by atoms with E-state index in [0.717, 1.165) is 32.5 Å². The van der Waals surface area contributed by atoms with Gasteiger partial charge in [0.15, 0.2) is 0 Å². The number of hydrogen-bond acceptors (Lipinski definition) is 2. The molecule has 0 aromatic rings. The van der Waals surface area contributed by atoms with Crippen LogP contribution in [0.15, 0.2) is 0 Å². The summed E-state index contributed by atoms with van der Waals surface area (Å²) in [5.41, 5.74) is 5.79. The quantitative estimate of drug-likeness (QED) is 0.664. The molecule has 2 N–H and O–H groups in total. The molecule has 0 saturated carbocycles. The Kier molecular flexibility index (Phi) is 5.36. The number of piperidine rings is 1. The Labute approximate surface area is 94.8 Å². The number of hydrogen-bond donors (Lipinski definition) is 1. The summed E-state index contributed by atoms with van der Waals surface area (Å²) in [6.45, 7) is 7.17. The van der Waals surface area contributed by atoms with Crippen LogP contribution in [0.1, 0.15) is 12.8 Å². The van der Waals surface area contributed by atoms with E-state index in [4.69, 9.17) is 5.73 Å². The minimum Gasteiger partial charge on any atom is -0.336 e. The summed E-state index contributed by atoms with van der Waals surface area (Å²) in [4.78, 5) is 2.33. The SMILES string of the molecule is [CH2-]C1(CN)CCN(C)CC1.[Y]. The van der Waals surface area contributed by atoms with Crippen molar-refractivity contribution in [1.82, 2.24) is 4.90 Å². The predicted octanol–water partition coefficient (Wildman–Crippen LogP) is 0.489. The molecule has 0 aromatic heterocycles. The summed E-state index contributed by atoms with van der Waals surface area (Å²) in [7, 11) is 2.15. The van der Waals surface area contributed by atoms with Gasteiger partial charge in [0, 0.05) is 32.7 Å². The fraction of sp³-hybridized carbons (Fsp3) is 0.875. The van der Waals surface area contributed by atoms with E-state index in [1.54, 1.807) is 0 Å². The van der Waals surface area contributed by atoms with Crippen molar-refractivity contribution in [2.45, 2.75) is 12.8 Å². The van der Waals surface area contributed by atoms with Crippen molar-refractivity contribution in [2.24, 2.45) is 11.1 Å². The number of likely N-dealkylation sites (tertiary alicyclic amines) is 1. The number of rotatable bonds is 1. The molecule has 3 heteroatoms. The van der Waals surface area contributed by atoms with E-state index in [1.165, 1.54) is 0 Å². The van der Waals surface area contributed by atoms with Crippen LogP contribution in [0.2, 0.25) is 0 Å². The van der Waals surface area contributed by atoms with Crippen LogP contribution in [0, 0.1) is 12.3 Å². The van der Waals surface area contributed by atoms with E-state index in [2.05, 4.69) is 18.9 Å². The second-order valence-electron chi connectivity index (χ2n) is 3.51. The molecule has 0 spiro atoms. The summed E-state index contributed by atoms with van der Waals surface area (Å²) < 4.78 is 0. The Morgan fingerprint density at radius 3 is 2.27 bits per heavy atom. The van der Waals surface area contributed by atoms with Crippen molar-refractivity contribution in [2.75, 3.05) is 26.7 Å². The Morgan fingerprint density at radius 2 is 1.91 bits per heavy atom. The maximum atomic E-state index is 5.60. The van der Waals surface area contributed by atoms with Crippen molar-refractivity contribution in [1.29, 1.82) is 0 Å². The van der Waals surface area contributed by atoms with Crippen molar-refractivity contribution in [3.05, 3.63) is 6.92 Å². The van der Waals surface area contributed by atoms with E-state index in [9.17, 15) is 0 Å². The maximum Gasteiger partial charge on any atom is 0 e. The van der Waals surface area contributed by atoms with Crippen LogP contribution >= 0.6 is 0 Å². The van der Waals surface area contributed by atoms with E-state index < -0.39 is 0 Å². The molecule has 63 valence electrons. The van der Waals surface area contributed by atoms with E-state index >= 15 is 0 Å². The first-order chi connectivity index (χ1) is 4.66. The van der Waals surface area contributed by atoms with Gasteiger partial charge in [0.05, 0.1) is 0 Å². The average molecular weight is 230 g/mol. The van der Waals surface area contributed by atoms with Gasteiger partial charge in [-0.15, -0.1) is 5.41 Å². The second-order valence-corrected chi connectivity index (χ2v) is 3.51. The second kappa shape index (κ2) is 4.91. The molecule has 0 atom stereocenters. The summed E-state index contributed by atoms with van der Waals surface area (Å²) in [6.07, 6.45) is 2.31. The molecule has 1 aliphatic rings. The minimum atomic E-state index is 0. The molecule has 0 unspecified atom stereocenters. The number of nitrogens with two attached hydrogens (primary N) is 1. The fourth-order valence-corrected chi connectivity index (χ4v) is 1.30. The Balaban J connectivity index is 0.000001000. The van der Waals surface area contributed by atoms with E-state index in [0.29, 0.717) is 0 Å². The third-order valence-corrected chi connectivity index (χ3v) is 2.48. The maximum absolute atomic E-state index is 5.60.